The van der Waals surface area contributed by atoms with Gasteiger partial charge in [-0.2, -0.15) is 5.10 Å². The third kappa shape index (κ3) is 4.40. The van der Waals surface area contributed by atoms with Crippen LogP contribution in [0.1, 0.15) is 31.4 Å². The van der Waals surface area contributed by atoms with Gasteiger partial charge in [0.15, 0.2) is 0 Å². The average molecular weight is 394 g/mol. The van der Waals surface area contributed by atoms with E-state index in [0.29, 0.717) is 24.4 Å². The summed E-state index contributed by atoms with van der Waals surface area (Å²) in [4.78, 5) is 30.0. The molecule has 0 radical (unpaired) electrons. The van der Waals surface area contributed by atoms with Crippen LogP contribution < -0.4 is 5.01 Å². The van der Waals surface area contributed by atoms with E-state index in [1.54, 1.807) is 6.26 Å². The van der Waals surface area contributed by atoms with Gasteiger partial charge in [0.05, 0.1) is 18.5 Å². The van der Waals surface area contributed by atoms with Gasteiger partial charge in [0.2, 0.25) is 5.91 Å². The monoisotopic (exact) mass is 394 g/mol. The fourth-order valence-corrected chi connectivity index (χ4v) is 3.89. The molecule has 0 saturated carbocycles. The molecular formula is C22H26N4O3. The summed E-state index contributed by atoms with van der Waals surface area (Å²) in [5.41, 5.74) is 1.11. The minimum absolute atomic E-state index is 0.0929. The lowest BCUT2D eigenvalue weighted by atomic mass is 10.0. The molecule has 3 heterocycles. The Morgan fingerprint density at radius 2 is 1.90 bits per heavy atom. The second-order valence-electron chi connectivity index (χ2n) is 7.63. The van der Waals surface area contributed by atoms with Crippen LogP contribution in [0.15, 0.2) is 58.2 Å². The van der Waals surface area contributed by atoms with Gasteiger partial charge in [-0.05, 0) is 57.2 Å². The van der Waals surface area contributed by atoms with Crippen molar-refractivity contribution in [3.8, 4) is 0 Å². The van der Waals surface area contributed by atoms with Crippen molar-refractivity contribution in [3.05, 3.63) is 54.5 Å². The number of hydrogen-bond acceptors (Lipinski definition) is 5. The zero-order chi connectivity index (χ0) is 20.2. The van der Waals surface area contributed by atoms with Crippen LogP contribution in [0.4, 0.5) is 5.69 Å². The van der Waals surface area contributed by atoms with Crippen molar-refractivity contribution in [2.75, 3.05) is 25.1 Å². The summed E-state index contributed by atoms with van der Waals surface area (Å²) < 4.78 is 5.51. The molecule has 29 heavy (non-hydrogen) atoms. The summed E-state index contributed by atoms with van der Waals surface area (Å²) >= 11 is 0. The molecule has 1 aromatic heterocycles. The van der Waals surface area contributed by atoms with Crippen LogP contribution in [0.25, 0.3) is 0 Å². The highest BCUT2D eigenvalue weighted by molar-refractivity contribution is 6.40. The first-order valence-corrected chi connectivity index (χ1v) is 10.1. The topological polar surface area (TPSA) is 69.4 Å². The van der Waals surface area contributed by atoms with Crippen molar-refractivity contribution >= 4 is 23.2 Å². The summed E-state index contributed by atoms with van der Waals surface area (Å²) in [5, 5.41) is 5.82. The number of hydrogen-bond donors (Lipinski definition) is 0. The van der Waals surface area contributed by atoms with E-state index in [9.17, 15) is 9.59 Å². The number of likely N-dealkylation sites (tertiary alicyclic amines) is 1. The third-order valence-corrected chi connectivity index (χ3v) is 5.58. The van der Waals surface area contributed by atoms with E-state index in [2.05, 4.69) is 17.0 Å². The molecule has 1 fully saturated rings. The van der Waals surface area contributed by atoms with Gasteiger partial charge < -0.3 is 14.2 Å². The lowest BCUT2D eigenvalue weighted by Crippen LogP contribution is -2.49. The quantitative estimate of drug-likeness (QED) is 0.782. The van der Waals surface area contributed by atoms with Gasteiger partial charge in [0, 0.05) is 18.9 Å². The van der Waals surface area contributed by atoms with Crippen LogP contribution in [0, 0.1) is 0 Å². The lowest BCUT2D eigenvalue weighted by molar-refractivity contribution is -0.128. The smallest absolute Gasteiger partial charge is 0.270 e. The minimum Gasteiger partial charge on any atom is -0.467 e. The third-order valence-electron chi connectivity index (χ3n) is 5.58. The molecule has 4 rings (SSSR count). The largest absolute Gasteiger partial charge is 0.467 e. The Morgan fingerprint density at radius 3 is 2.59 bits per heavy atom. The fraction of sp³-hybridized carbons (Fsp3) is 0.409. The maximum Gasteiger partial charge on any atom is 0.270 e. The second-order valence-corrected chi connectivity index (χ2v) is 7.63. The molecule has 0 N–H and O–H groups in total. The van der Waals surface area contributed by atoms with Gasteiger partial charge >= 0.3 is 0 Å². The van der Waals surface area contributed by atoms with E-state index in [0.717, 1.165) is 31.7 Å². The number of amides is 2. The number of anilines is 1. The summed E-state index contributed by atoms with van der Waals surface area (Å²) in [6, 6.07) is 13.1. The minimum atomic E-state index is -0.107. The first-order chi connectivity index (χ1) is 14.1. The predicted octanol–water partition coefficient (Wildman–Crippen LogP) is 2.89. The first kappa shape index (κ1) is 19.4. The van der Waals surface area contributed by atoms with Crippen LogP contribution in [0.5, 0.6) is 0 Å². The number of carbonyl (C=O) groups excluding carboxylic acids is 2. The predicted molar refractivity (Wildman–Crippen MR) is 110 cm³/mol. The summed E-state index contributed by atoms with van der Waals surface area (Å²) in [5.74, 6) is 0.554. The Bertz CT molecular complexity index is 871. The van der Waals surface area contributed by atoms with Gasteiger partial charge in [-0.3, -0.25) is 9.59 Å². The lowest BCUT2D eigenvalue weighted by Gasteiger charge is -2.37. The zero-order valence-corrected chi connectivity index (χ0v) is 16.7. The molecule has 0 spiro atoms. The van der Waals surface area contributed by atoms with Crippen molar-refractivity contribution in [3.63, 3.8) is 0 Å². The molecule has 7 heteroatoms. The number of carbonyl (C=O) groups is 2. The Kier molecular flexibility index (Phi) is 5.76. The number of nitrogens with zero attached hydrogens (tertiary/aromatic N) is 4. The van der Waals surface area contributed by atoms with E-state index in [4.69, 9.17) is 4.42 Å². The van der Waals surface area contributed by atoms with Crippen molar-refractivity contribution in [2.45, 2.75) is 38.3 Å². The first-order valence-electron chi connectivity index (χ1n) is 10.1. The Balaban J connectivity index is 1.59. The van der Waals surface area contributed by atoms with Crippen LogP contribution in [0.3, 0.4) is 0 Å². The molecule has 2 amide bonds. The standard InChI is InChI=1S/C22H26N4O3/c1-24-13-11-17(12-14-24)25(16-19-8-5-15-29-19)22(28)20-9-10-21(27)26(23-20)18-6-3-2-4-7-18/h2-8,15,17H,9-14,16H2,1H3. The molecule has 152 valence electrons. The van der Waals surface area contributed by atoms with Gasteiger partial charge in [-0.15, -0.1) is 0 Å². The summed E-state index contributed by atoms with van der Waals surface area (Å²) in [6.07, 6.45) is 4.10. The van der Waals surface area contributed by atoms with E-state index >= 15 is 0 Å². The molecule has 7 nitrogen and oxygen atoms in total. The Labute approximate surface area is 170 Å². The molecular weight excluding hydrogens is 368 g/mol. The second kappa shape index (κ2) is 8.61. The van der Waals surface area contributed by atoms with E-state index in [1.807, 2.05) is 47.4 Å². The van der Waals surface area contributed by atoms with Crippen LogP contribution in [-0.4, -0.2) is 53.5 Å². The number of hydrazone groups is 1. The van der Waals surface area contributed by atoms with Gasteiger partial charge in [-0.25, -0.2) is 5.01 Å². The van der Waals surface area contributed by atoms with Gasteiger partial charge in [0.1, 0.15) is 11.5 Å². The maximum absolute atomic E-state index is 13.5. The number of benzene rings is 1. The SMILES string of the molecule is CN1CCC(N(Cc2ccco2)C(=O)C2=NN(c3ccccc3)C(=O)CC2)CC1. The normalized spacial score (nSPS) is 18.6. The Hall–Kier alpha value is -2.93. The molecule has 0 unspecified atom stereocenters. The van der Waals surface area contributed by atoms with Crippen LogP contribution in [0.2, 0.25) is 0 Å². The molecule has 0 atom stereocenters. The van der Waals surface area contributed by atoms with E-state index < -0.39 is 0 Å². The molecule has 2 aromatic rings. The van der Waals surface area contributed by atoms with Crippen LogP contribution >= 0.6 is 0 Å². The molecule has 2 aliphatic rings. The molecule has 1 saturated heterocycles. The number of para-hydroxylation sites is 1. The fourth-order valence-electron chi connectivity index (χ4n) is 3.89. The van der Waals surface area contributed by atoms with E-state index in [1.165, 1.54) is 5.01 Å². The number of piperidine rings is 1. The highest BCUT2D eigenvalue weighted by Crippen LogP contribution is 2.23. The average Bonchev–Trinajstić information content (AvgIpc) is 3.27. The molecule has 1 aromatic carbocycles. The number of rotatable bonds is 5. The van der Waals surface area contributed by atoms with Crippen molar-refractivity contribution in [1.82, 2.24) is 9.80 Å². The highest BCUT2D eigenvalue weighted by Gasteiger charge is 2.33. The summed E-state index contributed by atoms with van der Waals surface area (Å²) in [6.45, 7) is 2.32. The van der Waals surface area contributed by atoms with Gasteiger partial charge in [0.25, 0.3) is 5.91 Å². The van der Waals surface area contributed by atoms with E-state index in [-0.39, 0.29) is 24.3 Å². The highest BCUT2D eigenvalue weighted by atomic mass is 16.3. The molecule has 2 aliphatic heterocycles. The summed E-state index contributed by atoms with van der Waals surface area (Å²) in [7, 11) is 2.10. The Morgan fingerprint density at radius 1 is 1.14 bits per heavy atom. The van der Waals surface area contributed by atoms with Crippen molar-refractivity contribution < 1.29 is 14.0 Å². The molecule has 0 bridgehead atoms. The number of furan rings is 1. The molecule has 0 aliphatic carbocycles. The van der Waals surface area contributed by atoms with Crippen LogP contribution in [-0.2, 0) is 16.1 Å². The van der Waals surface area contributed by atoms with Crippen molar-refractivity contribution in [1.29, 1.82) is 0 Å². The maximum atomic E-state index is 13.5. The zero-order valence-electron chi connectivity index (χ0n) is 16.7. The van der Waals surface area contributed by atoms with Crippen molar-refractivity contribution in [2.24, 2.45) is 5.10 Å². The van der Waals surface area contributed by atoms with Gasteiger partial charge in [-0.1, -0.05) is 18.2 Å².